The predicted molar refractivity (Wildman–Crippen MR) is 102 cm³/mol. The molecule has 0 unspecified atom stereocenters. The van der Waals surface area contributed by atoms with Gasteiger partial charge in [0.15, 0.2) is 9.84 Å². The summed E-state index contributed by atoms with van der Waals surface area (Å²) >= 11 is 0. The van der Waals surface area contributed by atoms with Crippen LogP contribution in [0.25, 0.3) is 0 Å². The van der Waals surface area contributed by atoms with Crippen LogP contribution in [0, 0.1) is 0 Å². The Labute approximate surface area is 159 Å². The van der Waals surface area contributed by atoms with E-state index in [0.717, 1.165) is 39.4 Å². The summed E-state index contributed by atoms with van der Waals surface area (Å²) in [7, 11) is -3.09. The van der Waals surface area contributed by atoms with Crippen molar-refractivity contribution in [1.82, 2.24) is 14.7 Å². The van der Waals surface area contributed by atoms with E-state index in [-0.39, 0.29) is 11.7 Å². The number of hydrogen-bond donors (Lipinski definition) is 1. The topological polar surface area (TPSA) is 93.5 Å². The van der Waals surface area contributed by atoms with Gasteiger partial charge in [-0.25, -0.2) is 8.42 Å². The molecule has 1 amide bonds. The summed E-state index contributed by atoms with van der Waals surface area (Å²) in [6.07, 6.45) is 4.61. The van der Waals surface area contributed by atoms with Gasteiger partial charge < -0.3 is 10.1 Å². The molecule has 8 nitrogen and oxygen atoms in total. The highest BCUT2D eigenvalue weighted by Gasteiger charge is 2.12. The molecule has 0 radical (unpaired) electrons. The molecule has 1 N–H and O–H groups in total. The van der Waals surface area contributed by atoms with Crippen LogP contribution in [0.1, 0.15) is 15.9 Å². The molecule has 1 saturated heterocycles. The minimum atomic E-state index is -3.09. The van der Waals surface area contributed by atoms with E-state index in [1.165, 1.54) is 6.26 Å². The first-order chi connectivity index (χ1) is 12.9. The molecular formula is C18H24N4O4S. The zero-order valence-electron chi connectivity index (χ0n) is 15.3. The van der Waals surface area contributed by atoms with E-state index < -0.39 is 9.84 Å². The van der Waals surface area contributed by atoms with Gasteiger partial charge in [-0.1, -0.05) is 12.1 Å². The van der Waals surface area contributed by atoms with E-state index in [1.54, 1.807) is 41.3 Å². The first-order valence-electron chi connectivity index (χ1n) is 8.80. The number of nitrogens with zero attached hydrogens (tertiary/aromatic N) is 3. The Morgan fingerprint density at radius 2 is 1.89 bits per heavy atom. The molecule has 3 rings (SSSR count). The smallest absolute Gasteiger partial charge is 0.255 e. The zero-order chi connectivity index (χ0) is 19.3. The third kappa shape index (κ3) is 6.16. The Balaban J connectivity index is 1.52. The fraction of sp³-hybridized carbons (Fsp3) is 0.444. The number of benzene rings is 1. The third-order valence-electron chi connectivity index (χ3n) is 4.29. The Morgan fingerprint density at radius 3 is 2.56 bits per heavy atom. The Morgan fingerprint density at radius 1 is 1.19 bits per heavy atom. The molecule has 146 valence electrons. The average molecular weight is 392 g/mol. The second kappa shape index (κ2) is 8.64. The second-order valence-electron chi connectivity index (χ2n) is 6.67. The van der Waals surface area contributed by atoms with Crippen molar-refractivity contribution in [2.75, 3.05) is 44.4 Å². The Bertz CT molecular complexity index is 871. The van der Waals surface area contributed by atoms with E-state index in [4.69, 9.17) is 4.74 Å². The maximum absolute atomic E-state index is 12.3. The molecule has 1 aliphatic rings. The van der Waals surface area contributed by atoms with E-state index >= 15 is 0 Å². The van der Waals surface area contributed by atoms with Gasteiger partial charge in [-0.2, -0.15) is 5.10 Å². The first kappa shape index (κ1) is 19.5. The molecule has 0 atom stereocenters. The number of amides is 1. The zero-order valence-corrected chi connectivity index (χ0v) is 16.1. The van der Waals surface area contributed by atoms with Crippen molar-refractivity contribution < 1.29 is 17.9 Å². The number of morpholine rings is 1. The lowest BCUT2D eigenvalue weighted by atomic mass is 10.1. The molecule has 2 aromatic rings. The van der Waals surface area contributed by atoms with Gasteiger partial charge in [-0.05, 0) is 17.7 Å². The number of hydrogen-bond acceptors (Lipinski definition) is 6. The lowest BCUT2D eigenvalue weighted by Crippen LogP contribution is -2.38. The van der Waals surface area contributed by atoms with Crippen LogP contribution in [-0.2, 0) is 26.9 Å². The van der Waals surface area contributed by atoms with Gasteiger partial charge in [0.2, 0.25) is 0 Å². The number of sulfone groups is 1. The van der Waals surface area contributed by atoms with Crippen LogP contribution in [0.3, 0.4) is 0 Å². The summed E-state index contributed by atoms with van der Waals surface area (Å²) in [6, 6.07) is 6.56. The summed E-state index contributed by atoms with van der Waals surface area (Å²) in [5.74, 6) is -0.293. The SMILES string of the molecule is CS(=O)(=O)Cc1ccc(C(=O)Nc2cnn(CCN3CCOCC3)c2)cc1. The molecule has 1 aliphatic heterocycles. The standard InChI is InChI=1S/C18H24N4O4S/c1-27(24,25)14-15-2-4-16(5-3-15)18(23)20-17-12-19-22(13-17)7-6-21-8-10-26-11-9-21/h2-5,12-13H,6-11,14H2,1H3,(H,20,23). The average Bonchev–Trinajstić information content (AvgIpc) is 3.07. The fourth-order valence-electron chi connectivity index (χ4n) is 2.88. The molecular weight excluding hydrogens is 368 g/mol. The van der Waals surface area contributed by atoms with Gasteiger partial charge in [0.25, 0.3) is 5.91 Å². The number of nitrogens with one attached hydrogen (secondary N) is 1. The first-order valence-corrected chi connectivity index (χ1v) is 10.9. The molecule has 0 saturated carbocycles. The molecule has 1 fully saturated rings. The second-order valence-corrected chi connectivity index (χ2v) is 8.81. The van der Waals surface area contributed by atoms with Gasteiger partial charge in [-0.15, -0.1) is 0 Å². The van der Waals surface area contributed by atoms with Crippen molar-refractivity contribution in [2.45, 2.75) is 12.3 Å². The number of aromatic nitrogens is 2. The molecule has 0 bridgehead atoms. The predicted octanol–water partition coefficient (Wildman–Crippen LogP) is 1.01. The fourth-order valence-corrected chi connectivity index (χ4v) is 3.68. The van der Waals surface area contributed by atoms with Crippen molar-refractivity contribution in [3.05, 3.63) is 47.8 Å². The van der Waals surface area contributed by atoms with Crippen LogP contribution in [-0.4, -0.2) is 68.1 Å². The number of carbonyl (C=O) groups excluding carboxylic acids is 1. The summed E-state index contributed by atoms with van der Waals surface area (Å²) in [5.41, 5.74) is 1.75. The molecule has 1 aromatic heterocycles. The van der Waals surface area contributed by atoms with Crippen molar-refractivity contribution in [3.8, 4) is 0 Å². The van der Waals surface area contributed by atoms with Crippen molar-refractivity contribution in [2.24, 2.45) is 0 Å². The van der Waals surface area contributed by atoms with Gasteiger partial charge in [0.1, 0.15) is 0 Å². The van der Waals surface area contributed by atoms with Crippen molar-refractivity contribution >= 4 is 21.4 Å². The van der Waals surface area contributed by atoms with Crippen LogP contribution in [0.5, 0.6) is 0 Å². The van der Waals surface area contributed by atoms with E-state index in [2.05, 4.69) is 15.3 Å². The summed E-state index contributed by atoms with van der Waals surface area (Å²) < 4.78 is 29.8. The molecule has 27 heavy (non-hydrogen) atoms. The van der Waals surface area contributed by atoms with Crippen LogP contribution in [0.4, 0.5) is 5.69 Å². The Kier molecular flexibility index (Phi) is 6.25. The highest BCUT2D eigenvalue weighted by molar-refractivity contribution is 7.89. The normalized spacial score (nSPS) is 15.6. The summed E-state index contributed by atoms with van der Waals surface area (Å²) in [4.78, 5) is 14.7. The largest absolute Gasteiger partial charge is 0.379 e. The number of rotatable bonds is 7. The maximum atomic E-state index is 12.3. The maximum Gasteiger partial charge on any atom is 0.255 e. The molecule has 0 aliphatic carbocycles. The highest BCUT2D eigenvalue weighted by Crippen LogP contribution is 2.11. The summed E-state index contributed by atoms with van der Waals surface area (Å²) in [6.45, 7) is 5.03. The third-order valence-corrected chi connectivity index (χ3v) is 5.14. The van der Waals surface area contributed by atoms with E-state index in [9.17, 15) is 13.2 Å². The molecule has 1 aromatic carbocycles. The van der Waals surface area contributed by atoms with Crippen molar-refractivity contribution in [1.29, 1.82) is 0 Å². The minimum Gasteiger partial charge on any atom is -0.379 e. The lowest BCUT2D eigenvalue weighted by molar-refractivity contribution is 0.0360. The quantitative estimate of drug-likeness (QED) is 0.756. The lowest BCUT2D eigenvalue weighted by Gasteiger charge is -2.26. The molecule has 0 spiro atoms. The van der Waals surface area contributed by atoms with Crippen LogP contribution < -0.4 is 5.32 Å². The van der Waals surface area contributed by atoms with E-state index in [1.807, 2.05) is 0 Å². The molecule has 2 heterocycles. The van der Waals surface area contributed by atoms with Gasteiger partial charge >= 0.3 is 0 Å². The van der Waals surface area contributed by atoms with E-state index in [0.29, 0.717) is 16.8 Å². The van der Waals surface area contributed by atoms with Crippen molar-refractivity contribution in [3.63, 3.8) is 0 Å². The van der Waals surface area contributed by atoms with Gasteiger partial charge in [0.05, 0.1) is 37.4 Å². The monoisotopic (exact) mass is 392 g/mol. The summed E-state index contributed by atoms with van der Waals surface area (Å²) in [5, 5.41) is 7.09. The van der Waals surface area contributed by atoms with Crippen LogP contribution >= 0.6 is 0 Å². The number of anilines is 1. The molecule has 9 heteroatoms. The highest BCUT2D eigenvalue weighted by atomic mass is 32.2. The van der Waals surface area contributed by atoms with Crippen LogP contribution in [0.15, 0.2) is 36.7 Å². The Hall–Kier alpha value is -2.23. The van der Waals surface area contributed by atoms with Gasteiger partial charge in [0, 0.05) is 37.7 Å². The van der Waals surface area contributed by atoms with Crippen LogP contribution in [0.2, 0.25) is 0 Å². The van der Waals surface area contributed by atoms with Gasteiger partial charge in [-0.3, -0.25) is 14.4 Å². The minimum absolute atomic E-state index is 0.0369. The number of ether oxygens (including phenoxy) is 1. The number of carbonyl (C=O) groups is 1.